The number of aliphatic imine (C=N–C) groups is 1. The fraction of sp³-hybridized carbons (Fsp3) is 0.182. The van der Waals surface area contributed by atoms with E-state index >= 15 is 0 Å². The Labute approximate surface area is 82.9 Å². The van der Waals surface area contributed by atoms with Crippen LogP contribution in [0, 0.1) is 0 Å². The van der Waals surface area contributed by atoms with Crippen LogP contribution < -0.4 is 5.32 Å². The topological polar surface area (TPSA) is 40.2 Å². The van der Waals surface area contributed by atoms with Crippen molar-refractivity contribution >= 4 is 17.2 Å². The number of aromatic nitrogens is 1. The van der Waals surface area contributed by atoms with Gasteiger partial charge in [0.25, 0.3) is 0 Å². The van der Waals surface area contributed by atoms with Crippen molar-refractivity contribution in [2.45, 2.75) is 0 Å². The largest absolute Gasteiger partial charge is 0.375 e. The molecule has 1 aromatic carbocycles. The van der Waals surface area contributed by atoms with Crippen molar-refractivity contribution in [1.29, 1.82) is 0 Å². The molecule has 0 saturated heterocycles. The molecule has 0 spiro atoms. The predicted octanol–water partition coefficient (Wildman–Crippen LogP) is 1.79. The summed E-state index contributed by atoms with van der Waals surface area (Å²) in [5.74, 6) is 0. The van der Waals surface area contributed by atoms with Crippen molar-refractivity contribution in [1.82, 2.24) is 10.3 Å². The first-order chi connectivity index (χ1) is 6.97. The number of nitrogens with one attached hydrogen (secondary N) is 2. The second-order valence-electron chi connectivity index (χ2n) is 3.05. The summed E-state index contributed by atoms with van der Waals surface area (Å²) in [6.45, 7) is 1.99. The Balaban J connectivity index is 0.000000128. The first kappa shape index (κ1) is 8.81. The molecule has 0 atom stereocenters. The number of nitrogens with zero attached hydrogens (tertiary/aromatic N) is 1. The quantitative estimate of drug-likeness (QED) is 0.648. The Kier molecular flexibility index (Phi) is 2.81. The standard InChI is InChI=1S/C8H7N.C3H6N2/c1-2-4-8-7(3-1)5-6-9-8;1-2-5-3-4-1/h1-6,9H;3H,1-2H2,(H,4,5). The van der Waals surface area contributed by atoms with Crippen molar-refractivity contribution < 1.29 is 0 Å². The van der Waals surface area contributed by atoms with E-state index in [1.54, 1.807) is 6.34 Å². The molecule has 0 saturated carbocycles. The zero-order chi connectivity index (χ0) is 9.64. The molecule has 1 aromatic heterocycles. The molecule has 14 heavy (non-hydrogen) atoms. The Morgan fingerprint density at radius 2 is 2.07 bits per heavy atom. The molecule has 0 amide bonds. The average molecular weight is 187 g/mol. The van der Waals surface area contributed by atoms with Crippen LogP contribution in [-0.4, -0.2) is 24.4 Å². The van der Waals surface area contributed by atoms with Crippen LogP contribution in [0.5, 0.6) is 0 Å². The van der Waals surface area contributed by atoms with Crippen molar-refractivity contribution in [2.24, 2.45) is 4.99 Å². The number of H-pyrrole nitrogens is 1. The molecule has 2 aromatic rings. The summed E-state index contributed by atoms with van der Waals surface area (Å²) in [5.41, 5.74) is 1.21. The summed E-state index contributed by atoms with van der Waals surface area (Å²) in [5, 5.41) is 4.21. The highest BCUT2D eigenvalue weighted by molar-refractivity contribution is 5.78. The Morgan fingerprint density at radius 1 is 1.14 bits per heavy atom. The van der Waals surface area contributed by atoms with Gasteiger partial charge in [0, 0.05) is 18.3 Å². The molecule has 0 aliphatic carbocycles. The molecule has 2 N–H and O–H groups in total. The van der Waals surface area contributed by atoms with E-state index in [4.69, 9.17) is 0 Å². The van der Waals surface area contributed by atoms with E-state index in [2.05, 4.69) is 33.5 Å². The number of aromatic amines is 1. The molecule has 3 nitrogen and oxygen atoms in total. The van der Waals surface area contributed by atoms with Crippen LogP contribution in [0.4, 0.5) is 0 Å². The summed E-state index contributed by atoms with van der Waals surface area (Å²) in [4.78, 5) is 6.97. The maximum Gasteiger partial charge on any atom is 0.0825 e. The zero-order valence-electron chi connectivity index (χ0n) is 7.90. The molecule has 0 radical (unpaired) electrons. The summed E-state index contributed by atoms with van der Waals surface area (Å²) < 4.78 is 0. The summed E-state index contributed by atoms with van der Waals surface area (Å²) in [6, 6.07) is 10.3. The van der Waals surface area contributed by atoms with Crippen LogP contribution in [-0.2, 0) is 0 Å². The lowest BCUT2D eigenvalue weighted by Crippen LogP contribution is -2.04. The number of hydrogen-bond donors (Lipinski definition) is 2. The minimum Gasteiger partial charge on any atom is -0.375 e. The van der Waals surface area contributed by atoms with Gasteiger partial charge in [0.1, 0.15) is 0 Å². The third-order valence-corrected chi connectivity index (χ3v) is 2.03. The Hall–Kier alpha value is -1.77. The lowest BCUT2D eigenvalue weighted by atomic mass is 10.3. The molecule has 72 valence electrons. The van der Waals surface area contributed by atoms with E-state index in [1.807, 2.05) is 18.3 Å². The van der Waals surface area contributed by atoms with Crippen molar-refractivity contribution in [3.63, 3.8) is 0 Å². The molecule has 1 aliphatic rings. The van der Waals surface area contributed by atoms with Gasteiger partial charge in [-0.15, -0.1) is 0 Å². The van der Waals surface area contributed by atoms with Gasteiger partial charge < -0.3 is 10.3 Å². The minimum absolute atomic E-state index is 0.958. The highest BCUT2D eigenvalue weighted by Gasteiger charge is 1.86. The zero-order valence-corrected chi connectivity index (χ0v) is 7.90. The maximum absolute atomic E-state index is 3.85. The fourth-order valence-electron chi connectivity index (χ4n) is 1.32. The van der Waals surface area contributed by atoms with Gasteiger partial charge in [-0.05, 0) is 17.5 Å². The summed E-state index contributed by atoms with van der Waals surface area (Å²) in [6.07, 6.45) is 3.69. The van der Waals surface area contributed by atoms with Crippen LogP contribution in [0.1, 0.15) is 0 Å². The monoisotopic (exact) mass is 187 g/mol. The first-order valence-corrected chi connectivity index (χ1v) is 4.70. The van der Waals surface area contributed by atoms with E-state index < -0.39 is 0 Å². The van der Waals surface area contributed by atoms with Gasteiger partial charge in [-0.2, -0.15) is 0 Å². The van der Waals surface area contributed by atoms with Crippen molar-refractivity contribution in [3.05, 3.63) is 36.5 Å². The van der Waals surface area contributed by atoms with Gasteiger partial charge in [-0.3, -0.25) is 4.99 Å². The number of fused-ring (bicyclic) bond motifs is 1. The van der Waals surface area contributed by atoms with Crippen LogP contribution in [0.3, 0.4) is 0 Å². The third kappa shape index (κ3) is 2.13. The summed E-state index contributed by atoms with van der Waals surface area (Å²) >= 11 is 0. The molecule has 1 aliphatic heterocycles. The van der Waals surface area contributed by atoms with Gasteiger partial charge >= 0.3 is 0 Å². The van der Waals surface area contributed by atoms with E-state index in [-0.39, 0.29) is 0 Å². The fourth-order valence-corrected chi connectivity index (χ4v) is 1.32. The van der Waals surface area contributed by atoms with Crippen LogP contribution >= 0.6 is 0 Å². The van der Waals surface area contributed by atoms with E-state index in [1.165, 1.54) is 10.9 Å². The number of benzene rings is 1. The highest BCUT2D eigenvalue weighted by Crippen LogP contribution is 2.09. The number of rotatable bonds is 0. The molecule has 0 fully saturated rings. The van der Waals surface area contributed by atoms with Gasteiger partial charge in [0.15, 0.2) is 0 Å². The number of para-hydroxylation sites is 1. The van der Waals surface area contributed by atoms with Crippen molar-refractivity contribution in [2.75, 3.05) is 13.1 Å². The molecule has 2 heterocycles. The van der Waals surface area contributed by atoms with E-state index in [9.17, 15) is 0 Å². The molecule has 3 heteroatoms. The number of hydrogen-bond acceptors (Lipinski definition) is 2. The lowest BCUT2D eigenvalue weighted by Gasteiger charge is -1.83. The maximum atomic E-state index is 3.85. The Morgan fingerprint density at radius 3 is 2.71 bits per heavy atom. The molecule has 0 unspecified atom stereocenters. The second-order valence-corrected chi connectivity index (χ2v) is 3.05. The highest BCUT2D eigenvalue weighted by atomic mass is 15.0. The SMILES string of the molecule is C1=NCCN1.c1ccc2[nH]ccc2c1. The molecule has 3 rings (SSSR count). The predicted molar refractivity (Wildman–Crippen MR) is 59.7 cm³/mol. The van der Waals surface area contributed by atoms with Crippen LogP contribution in [0.2, 0.25) is 0 Å². The Bertz CT molecular complexity index is 381. The van der Waals surface area contributed by atoms with Gasteiger partial charge in [0.05, 0.1) is 12.9 Å². The van der Waals surface area contributed by atoms with Gasteiger partial charge in [-0.1, -0.05) is 18.2 Å². The lowest BCUT2D eigenvalue weighted by molar-refractivity contribution is 0.965. The molecular formula is C11H13N3. The van der Waals surface area contributed by atoms with Gasteiger partial charge in [-0.25, -0.2) is 0 Å². The van der Waals surface area contributed by atoms with Crippen LogP contribution in [0.15, 0.2) is 41.5 Å². The third-order valence-electron chi connectivity index (χ3n) is 2.03. The first-order valence-electron chi connectivity index (χ1n) is 4.70. The average Bonchev–Trinajstić information content (AvgIpc) is 2.92. The van der Waals surface area contributed by atoms with E-state index in [0.29, 0.717) is 0 Å². The van der Waals surface area contributed by atoms with Crippen molar-refractivity contribution in [3.8, 4) is 0 Å². The van der Waals surface area contributed by atoms with E-state index in [0.717, 1.165) is 13.1 Å². The normalized spacial score (nSPS) is 13.4. The molecule has 0 bridgehead atoms. The van der Waals surface area contributed by atoms with Crippen LogP contribution in [0.25, 0.3) is 10.9 Å². The smallest absolute Gasteiger partial charge is 0.0825 e. The second kappa shape index (κ2) is 4.46. The van der Waals surface area contributed by atoms with Gasteiger partial charge in [0.2, 0.25) is 0 Å². The molecular weight excluding hydrogens is 174 g/mol. The summed E-state index contributed by atoms with van der Waals surface area (Å²) in [7, 11) is 0. The minimum atomic E-state index is 0.958.